The van der Waals surface area contributed by atoms with Gasteiger partial charge in [-0.25, -0.2) is 4.39 Å². The van der Waals surface area contributed by atoms with Gasteiger partial charge in [-0.2, -0.15) is 0 Å². The molecule has 0 saturated heterocycles. The molecule has 0 saturated carbocycles. The highest BCUT2D eigenvalue weighted by molar-refractivity contribution is 6.30. The van der Waals surface area contributed by atoms with Crippen molar-refractivity contribution < 1.29 is 9.13 Å². The molecule has 2 N–H and O–H groups in total. The molecule has 0 fully saturated rings. The average molecular weight is 294 g/mol. The zero-order valence-corrected chi connectivity index (χ0v) is 12.2. The van der Waals surface area contributed by atoms with Crippen molar-refractivity contribution in [1.82, 2.24) is 0 Å². The maximum atomic E-state index is 13.1. The second kappa shape index (κ2) is 6.25. The van der Waals surface area contributed by atoms with Crippen molar-refractivity contribution >= 4 is 11.6 Å². The van der Waals surface area contributed by atoms with E-state index < -0.39 is 0 Å². The fourth-order valence-electron chi connectivity index (χ4n) is 2.23. The van der Waals surface area contributed by atoms with Gasteiger partial charge in [0.05, 0.1) is 7.11 Å². The zero-order valence-electron chi connectivity index (χ0n) is 11.5. The summed E-state index contributed by atoms with van der Waals surface area (Å²) >= 11 is 6.01. The van der Waals surface area contributed by atoms with E-state index >= 15 is 0 Å². The highest BCUT2D eigenvalue weighted by Gasteiger charge is 2.14. The first kappa shape index (κ1) is 14.8. The fourth-order valence-corrected chi connectivity index (χ4v) is 2.41. The molecule has 2 nitrogen and oxygen atoms in total. The Morgan fingerprint density at radius 1 is 1.25 bits per heavy atom. The Labute approximate surface area is 123 Å². The smallest absolute Gasteiger partial charge is 0.123 e. The van der Waals surface area contributed by atoms with Crippen LogP contribution in [0.5, 0.6) is 5.75 Å². The molecule has 0 aliphatic heterocycles. The quantitative estimate of drug-likeness (QED) is 0.923. The van der Waals surface area contributed by atoms with Crippen molar-refractivity contribution in [1.29, 1.82) is 0 Å². The maximum Gasteiger partial charge on any atom is 0.123 e. The van der Waals surface area contributed by atoms with E-state index in [9.17, 15) is 4.39 Å². The summed E-state index contributed by atoms with van der Waals surface area (Å²) in [5.74, 6) is 0.474. The van der Waals surface area contributed by atoms with Gasteiger partial charge in [0.15, 0.2) is 0 Å². The molecule has 20 heavy (non-hydrogen) atoms. The Morgan fingerprint density at radius 2 is 2.00 bits per heavy atom. The Kier molecular flexibility index (Phi) is 4.63. The van der Waals surface area contributed by atoms with Gasteiger partial charge in [0, 0.05) is 16.6 Å². The van der Waals surface area contributed by atoms with Crippen LogP contribution >= 0.6 is 11.6 Å². The average Bonchev–Trinajstić information content (AvgIpc) is 2.41. The highest BCUT2D eigenvalue weighted by atomic mass is 35.5. The highest BCUT2D eigenvalue weighted by Crippen LogP contribution is 2.29. The van der Waals surface area contributed by atoms with Crippen LogP contribution in [0.4, 0.5) is 4.39 Å². The normalized spacial score (nSPS) is 12.2. The Hall–Kier alpha value is -1.58. The number of hydrogen-bond donors (Lipinski definition) is 1. The molecule has 2 rings (SSSR count). The van der Waals surface area contributed by atoms with E-state index in [2.05, 4.69) is 0 Å². The molecule has 0 bridgehead atoms. The number of rotatable bonds is 4. The molecule has 1 unspecified atom stereocenters. The third-order valence-electron chi connectivity index (χ3n) is 3.34. The summed E-state index contributed by atoms with van der Waals surface area (Å²) in [6.45, 7) is 1.88. The van der Waals surface area contributed by atoms with Crippen LogP contribution in [-0.4, -0.2) is 7.11 Å². The molecule has 2 aromatic carbocycles. The van der Waals surface area contributed by atoms with E-state index in [-0.39, 0.29) is 11.9 Å². The lowest BCUT2D eigenvalue weighted by Crippen LogP contribution is -2.15. The summed E-state index contributed by atoms with van der Waals surface area (Å²) in [7, 11) is 1.60. The molecule has 2 aromatic rings. The number of methoxy groups -OCH3 is 1. The molecule has 0 amide bonds. The number of halogens is 2. The predicted octanol–water partition coefficient (Wildman–Crippen LogP) is 4.04. The van der Waals surface area contributed by atoms with Crippen LogP contribution in [0.1, 0.15) is 22.7 Å². The topological polar surface area (TPSA) is 35.2 Å². The SMILES string of the molecule is COc1ccc(Cl)cc1C(N)Cc1ccc(F)cc1C. The molecule has 0 aromatic heterocycles. The number of nitrogens with two attached hydrogens (primary N) is 1. The minimum absolute atomic E-state index is 0.236. The van der Waals surface area contributed by atoms with Crippen molar-refractivity contribution in [3.05, 3.63) is 63.9 Å². The molecule has 1 atom stereocenters. The van der Waals surface area contributed by atoms with Gasteiger partial charge in [-0.1, -0.05) is 17.7 Å². The number of aryl methyl sites for hydroxylation is 1. The second-order valence-electron chi connectivity index (χ2n) is 4.77. The van der Waals surface area contributed by atoms with Gasteiger partial charge in [-0.05, 0) is 54.8 Å². The Morgan fingerprint density at radius 3 is 2.65 bits per heavy atom. The Balaban J connectivity index is 2.27. The first-order chi connectivity index (χ1) is 9.51. The van der Waals surface area contributed by atoms with Gasteiger partial charge in [-0.3, -0.25) is 0 Å². The van der Waals surface area contributed by atoms with Crippen LogP contribution in [0.3, 0.4) is 0 Å². The van der Waals surface area contributed by atoms with E-state index in [1.807, 2.05) is 13.0 Å². The summed E-state index contributed by atoms with van der Waals surface area (Å²) in [6, 6.07) is 9.84. The molecule has 0 aliphatic carbocycles. The van der Waals surface area contributed by atoms with E-state index in [4.69, 9.17) is 22.1 Å². The van der Waals surface area contributed by atoms with Crippen LogP contribution in [0.2, 0.25) is 5.02 Å². The van der Waals surface area contributed by atoms with E-state index in [1.54, 1.807) is 25.3 Å². The molecule has 0 heterocycles. The summed E-state index contributed by atoms with van der Waals surface area (Å²) in [5.41, 5.74) is 9.00. The molecule has 106 valence electrons. The van der Waals surface area contributed by atoms with Gasteiger partial charge in [0.1, 0.15) is 11.6 Å². The number of ether oxygens (including phenoxy) is 1. The second-order valence-corrected chi connectivity index (χ2v) is 5.20. The van der Waals surface area contributed by atoms with Gasteiger partial charge in [0.25, 0.3) is 0 Å². The maximum absolute atomic E-state index is 13.1. The largest absolute Gasteiger partial charge is 0.496 e. The van der Waals surface area contributed by atoms with Crippen molar-refractivity contribution in [2.45, 2.75) is 19.4 Å². The van der Waals surface area contributed by atoms with Crippen molar-refractivity contribution in [2.24, 2.45) is 5.73 Å². The van der Waals surface area contributed by atoms with E-state index in [0.29, 0.717) is 17.2 Å². The van der Waals surface area contributed by atoms with Gasteiger partial charge in [-0.15, -0.1) is 0 Å². The van der Waals surface area contributed by atoms with E-state index in [0.717, 1.165) is 16.7 Å². The van der Waals surface area contributed by atoms with Gasteiger partial charge in [0.2, 0.25) is 0 Å². The summed E-state index contributed by atoms with van der Waals surface area (Å²) in [4.78, 5) is 0. The van der Waals surface area contributed by atoms with Crippen LogP contribution in [0.25, 0.3) is 0 Å². The lowest BCUT2D eigenvalue weighted by molar-refractivity contribution is 0.405. The minimum Gasteiger partial charge on any atom is -0.496 e. The van der Waals surface area contributed by atoms with Crippen molar-refractivity contribution in [3.63, 3.8) is 0 Å². The van der Waals surface area contributed by atoms with Gasteiger partial charge < -0.3 is 10.5 Å². The van der Waals surface area contributed by atoms with Crippen LogP contribution < -0.4 is 10.5 Å². The predicted molar refractivity (Wildman–Crippen MR) is 79.8 cm³/mol. The minimum atomic E-state index is -0.257. The molecule has 4 heteroatoms. The molecule has 0 spiro atoms. The number of hydrogen-bond acceptors (Lipinski definition) is 2. The lowest BCUT2D eigenvalue weighted by atomic mass is 9.96. The molecular weight excluding hydrogens is 277 g/mol. The lowest BCUT2D eigenvalue weighted by Gasteiger charge is -2.17. The standard InChI is InChI=1S/C16H17ClFNO/c1-10-7-13(18)5-3-11(10)8-15(19)14-9-12(17)4-6-16(14)20-2/h3-7,9,15H,8,19H2,1-2H3. The molecule has 0 aliphatic rings. The fraction of sp³-hybridized carbons (Fsp3) is 0.250. The third kappa shape index (κ3) is 3.30. The third-order valence-corrected chi connectivity index (χ3v) is 3.57. The van der Waals surface area contributed by atoms with Gasteiger partial charge >= 0.3 is 0 Å². The first-order valence-corrected chi connectivity index (χ1v) is 6.73. The van der Waals surface area contributed by atoms with Crippen LogP contribution in [0.15, 0.2) is 36.4 Å². The molecule has 0 radical (unpaired) electrons. The molecular formula is C16H17ClFNO. The Bertz CT molecular complexity index is 615. The monoisotopic (exact) mass is 293 g/mol. The van der Waals surface area contributed by atoms with Crippen molar-refractivity contribution in [3.8, 4) is 5.75 Å². The first-order valence-electron chi connectivity index (χ1n) is 6.35. The zero-order chi connectivity index (χ0) is 14.7. The summed E-state index contributed by atoms with van der Waals surface area (Å²) < 4.78 is 18.4. The van der Waals surface area contributed by atoms with Crippen molar-refractivity contribution in [2.75, 3.05) is 7.11 Å². The van der Waals surface area contributed by atoms with Crippen LogP contribution in [-0.2, 0) is 6.42 Å². The number of benzene rings is 2. The summed E-state index contributed by atoms with van der Waals surface area (Å²) in [6.07, 6.45) is 0.600. The summed E-state index contributed by atoms with van der Waals surface area (Å²) in [5, 5.41) is 0.618. The van der Waals surface area contributed by atoms with E-state index in [1.165, 1.54) is 12.1 Å². The van der Waals surface area contributed by atoms with Crippen LogP contribution in [0, 0.1) is 12.7 Å².